The Morgan fingerprint density at radius 3 is 1.98 bits per heavy atom. The van der Waals surface area contributed by atoms with Gasteiger partial charge >= 0.3 is 0 Å². The molecule has 6 heteroatoms. The van der Waals surface area contributed by atoms with Crippen molar-refractivity contribution in [1.29, 1.82) is 0 Å². The van der Waals surface area contributed by atoms with Crippen LogP contribution in [0.4, 0.5) is 0 Å². The van der Waals surface area contributed by atoms with Gasteiger partial charge in [-0.15, -0.1) is 0 Å². The summed E-state index contributed by atoms with van der Waals surface area (Å²) in [6.45, 7) is 22.7. The maximum atomic E-state index is 7.10. The summed E-state index contributed by atoms with van der Waals surface area (Å²) >= 11 is 0. The highest BCUT2D eigenvalue weighted by molar-refractivity contribution is 5.15. The summed E-state index contributed by atoms with van der Waals surface area (Å²) in [5, 5.41) is 0. The fourth-order valence-corrected chi connectivity index (χ4v) is 12.0. The number of hydrogen-bond donors (Lipinski definition) is 2. The second-order valence-electron chi connectivity index (χ2n) is 18.1. The van der Waals surface area contributed by atoms with Crippen molar-refractivity contribution >= 4 is 0 Å². The molecule has 0 aliphatic heterocycles. The summed E-state index contributed by atoms with van der Waals surface area (Å²) in [6.07, 6.45) is 24.9. The van der Waals surface area contributed by atoms with Gasteiger partial charge in [-0.1, -0.05) is 73.6 Å². The van der Waals surface area contributed by atoms with Gasteiger partial charge in [-0.05, 0) is 164 Å². The molecule has 0 radical (unpaired) electrons. The lowest BCUT2D eigenvalue weighted by molar-refractivity contribution is -0.227. The van der Waals surface area contributed by atoms with Crippen LogP contribution in [-0.4, -0.2) is 75.8 Å². The van der Waals surface area contributed by atoms with Gasteiger partial charge < -0.3 is 30.6 Å². The van der Waals surface area contributed by atoms with Crippen molar-refractivity contribution in [2.75, 3.05) is 52.5 Å². The first-order chi connectivity index (χ1) is 24.3. The zero-order chi connectivity index (χ0) is 36.0. The number of rotatable bonds is 25. The molecule has 4 rings (SSSR count). The molecule has 0 amide bonds. The van der Waals surface area contributed by atoms with E-state index in [9.17, 15) is 0 Å². The second-order valence-corrected chi connectivity index (χ2v) is 18.1. The number of ether oxygens (including phenoxy) is 3. The summed E-state index contributed by atoms with van der Waals surface area (Å²) in [5.74, 6) is 4.09. The zero-order valence-electron chi connectivity index (χ0n) is 34.1. The van der Waals surface area contributed by atoms with Gasteiger partial charge in [-0.3, -0.25) is 0 Å². The van der Waals surface area contributed by atoms with E-state index in [-0.39, 0.29) is 5.41 Å². The first kappa shape index (κ1) is 42.5. The lowest BCUT2D eigenvalue weighted by Crippen LogP contribution is -2.63. The Bertz CT molecular complexity index is 911. The van der Waals surface area contributed by atoms with Crippen LogP contribution in [-0.2, 0) is 14.2 Å². The van der Waals surface area contributed by atoms with Crippen LogP contribution >= 0.6 is 0 Å². The van der Waals surface area contributed by atoms with E-state index >= 15 is 0 Å². The van der Waals surface area contributed by atoms with E-state index in [4.69, 9.17) is 25.7 Å². The molecule has 0 spiro atoms. The molecule has 0 heterocycles. The first-order valence-electron chi connectivity index (χ1n) is 22.2. The lowest BCUT2D eigenvalue weighted by Gasteiger charge is -2.65. The van der Waals surface area contributed by atoms with Gasteiger partial charge in [-0.25, -0.2) is 0 Å². The van der Waals surface area contributed by atoms with Crippen molar-refractivity contribution in [1.82, 2.24) is 4.90 Å². The van der Waals surface area contributed by atoms with Crippen molar-refractivity contribution in [2.45, 2.75) is 182 Å². The fraction of sp³-hybridized carbons (Fsp3) is 1.00. The number of hydrogen-bond acceptors (Lipinski definition) is 6. The van der Waals surface area contributed by atoms with Crippen LogP contribution in [0.3, 0.4) is 0 Å². The Morgan fingerprint density at radius 2 is 1.32 bits per heavy atom. The highest BCUT2D eigenvalue weighted by Crippen LogP contribution is 2.69. The minimum Gasteiger partial charge on any atom is -0.378 e. The number of unbranched alkanes of at least 4 members (excludes halogenated alkanes) is 5. The Hall–Kier alpha value is -0.240. The molecule has 6 nitrogen and oxygen atoms in total. The Labute approximate surface area is 310 Å². The molecule has 4 saturated carbocycles. The van der Waals surface area contributed by atoms with Crippen molar-refractivity contribution in [3.8, 4) is 0 Å². The molecular formula is C44H85N3O3. The van der Waals surface area contributed by atoms with Gasteiger partial charge in [0.05, 0.1) is 18.3 Å². The highest BCUT2D eigenvalue weighted by atomic mass is 16.5. The van der Waals surface area contributed by atoms with E-state index < -0.39 is 0 Å². The smallest absolute Gasteiger partial charge is 0.0637 e. The van der Waals surface area contributed by atoms with Crippen molar-refractivity contribution in [3.63, 3.8) is 0 Å². The van der Waals surface area contributed by atoms with Crippen LogP contribution in [0.5, 0.6) is 0 Å². The van der Waals surface area contributed by atoms with Crippen LogP contribution in [0.1, 0.15) is 164 Å². The summed E-state index contributed by atoms with van der Waals surface area (Å²) < 4.78 is 20.6. The van der Waals surface area contributed by atoms with Crippen LogP contribution in [0, 0.1) is 46.3 Å². The third-order valence-corrected chi connectivity index (χ3v) is 14.9. The van der Waals surface area contributed by atoms with E-state index in [1.165, 1.54) is 129 Å². The van der Waals surface area contributed by atoms with Gasteiger partial charge in [0.1, 0.15) is 0 Å². The molecule has 0 saturated heterocycles. The minimum absolute atomic E-state index is 0.204. The second kappa shape index (κ2) is 21.6. The summed E-state index contributed by atoms with van der Waals surface area (Å²) in [5.41, 5.74) is 12.4. The molecular weight excluding hydrogens is 619 g/mol. The lowest BCUT2D eigenvalue weighted by atomic mass is 9.43. The van der Waals surface area contributed by atoms with E-state index in [1.54, 1.807) is 0 Å². The number of fused-ring (bicyclic) bond motifs is 5. The average molecular weight is 704 g/mol. The number of nitrogens with zero attached hydrogens (tertiary/aromatic N) is 1. The van der Waals surface area contributed by atoms with Gasteiger partial charge in [0.25, 0.3) is 0 Å². The van der Waals surface area contributed by atoms with Gasteiger partial charge in [0.2, 0.25) is 0 Å². The molecule has 0 bridgehead atoms. The molecule has 11 atom stereocenters. The van der Waals surface area contributed by atoms with Crippen LogP contribution in [0.25, 0.3) is 0 Å². The summed E-state index contributed by atoms with van der Waals surface area (Å²) in [6, 6.07) is 0. The van der Waals surface area contributed by atoms with Gasteiger partial charge in [-0.2, -0.15) is 0 Å². The van der Waals surface area contributed by atoms with Crippen molar-refractivity contribution in [2.24, 2.45) is 57.8 Å². The monoisotopic (exact) mass is 704 g/mol. The predicted octanol–water partition coefficient (Wildman–Crippen LogP) is 9.62. The van der Waals surface area contributed by atoms with Crippen LogP contribution < -0.4 is 11.5 Å². The van der Waals surface area contributed by atoms with Gasteiger partial charge in [0.15, 0.2) is 0 Å². The van der Waals surface area contributed by atoms with Crippen LogP contribution in [0.15, 0.2) is 0 Å². The third kappa shape index (κ3) is 10.5. The third-order valence-electron chi connectivity index (χ3n) is 14.9. The predicted molar refractivity (Wildman–Crippen MR) is 211 cm³/mol. The van der Waals surface area contributed by atoms with E-state index in [0.29, 0.717) is 60.5 Å². The largest absolute Gasteiger partial charge is 0.378 e. The van der Waals surface area contributed by atoms with Crippen molar-refractivity contribution < 1.29 is 14.2 Å². The van der Waals surface area contributed by atoms with E-state index in [0.717, 1.165) is 44.5 Å². The summed E-state index contributed by atoms with van der Waals surface area (Å²) in [4.78, 5) is 2.80. The SMILES string of the molecule is CCCCCN(CCCCC)CCC[C@@H](C)[C@H]1CC[C@H]2[C@@H]3[C@H](OCCCC)C[C@@H]4C[C@H](OCCCN)CC[C@]4(C)[C@H]3C[C@H](OCCCN)[C@]12C. The Morgan fingerprint density at radius 1 is 0.680 bits per heavy atom. The maximum Gasteiger partial charge on any atom is 0.0637 e. The normalized spacial score (nSPS) is 35.9. The highest BCUT2D eigenvalue weighted by Gasteiger charge is 2.66. The molecule has 4 N–H and O–H groups in total. The maximum absolute atomic E-state index is 7.10. The number of nitrogens with two attached hydrogens (primary N) is 2. The Kier molecular flexibility index (Phi) is 18.4. The Balaban J connectivity index is 1.53. The average Bonchev–Trinajstić information content (AvgIpc) is 3.47. The van der Waals surface area contributed by atoms with Gasteiger partial charge in [0, 0.05) is 25.2 Å². The minimum atomic E-state index is 0.204. The molecule has 0 aromatic heterocycles. The standard InChI is InChI=1S/C44H85N3O3/c1-7-10-13-25-47(26-14-11-8-2)27-15-18-34(4)37-19-20-38-42-39(33-41(44(37,38)6)50-30-17-24-46)43(5)22-21-36(48-29-16-23-45)31-35(43)32-40(42)49-28-12-9-3/h34-42H,7-33,45-46H2,1-6H3/t34-,35+,36-,37-,38+,39+,40-,41+,42+,43+,44-/m1/s1. The molecule has 0 unspecified atom stereocenters. The molecule has 50 heavy (non-hydrogen) atoms. The molecule has 4 fully saturated rings. The molecule has 0 aromatic rings. The zero-order valence-corrected chi connectivity index (χ0v) is 34.1. The summed E-state index contributed by atoms with van der Waals surface area (Å²) in [7, 11) is 0. The topological polar surface area (TPSA) is 83.0 Å². The molecule has 0 aromatic carbocycles. The first-order valence-corrected chi connectivity index (χ1v) is 22.2. The fourth-order valence-electron chi connectivity index (χ4n) is 12.0. The molecule has 4 aliphatic rings. The molecule has 294 valence electrons. The quantitative estimate of drug-likeness (QED) is 0.0922. The van der Waals surface area contributed by atoms with Crippen LogP contribution in [0.2, 0.25) is 0 Å². The molecule has 4 aliphatic carbocycles. The van der Waals surface area contributed by atoms with Crippen molar-refractivity contribution in [3.05, 3.63) is 0 Å². The van der Waals surface area contributed by atoms with E-state index in [2.05, 4.69) is 46.4 Å². The van der Waals surface area contributed by atoms with E-state index in [1.807, 2.05) is 0 Å².